The van der Waals surface area contributed by atoms with Crippen LogP contribution in [-0.4, -0.2) is 12.8 Å². The molecule has 0 bridgehead atoms. The number of hydrogen-bond donors (Lipinski definition) is 1. The average molecular weight is 193 g/mol. The molecule has 14 heavy (non-hydrogen) atoms. The molecule has 0 heterocycles. The molecule has 0 saturated heterocycles. The third kappa shape index (κ3) is 2.25. The zero-order valence-electron chi connectivity index (χ0n) is 9.26. The summed E-state index contributed by atoms with van der Waals surface area (Å²) in [6.07, 6.45) is 4.03. The second kappa shape index (κ2) is 3.99. The molecule has 1 aliphatic carbocycles. The van der Waals surface area contributed by atoms with Crippen molar-refractivity contribution in [3.8, 4) is 0 Å². The fraction of sp³-hybridized carbons (Fsp3) is 0.583. The first-order valence-electron chi connectivity index (χ1n) is 5.10. The largest absolute Gasteiger partial charge is 0.388 e. The maximum Gasteiger partial charge on any atom is 0.132 e. The Labute approximate surface area is 86.1 Å². The average Bonchev–Trinajstić information content (AvgIpc) is 2.02. The van der Waals surface area contributed by atoms with Gasteiger partial charge >= 0.3 is 0 Å². The van der Waals surface area contributed by atoms with E-state index in [-0.39, 0.29) is 11.3 Å². The van der Waals surface area contributed by atoms with E-state index in [0.717, 1.165) is 30.5 Å². The maximum absolute atomic E-state index is 10.9. The number of carbonyl (C=O) groups excluding carboxylic acids is 1. The van der Waals surface area contributed by atoms with Crippen molar-refractivity contribution >= 4 is 6.29 Å². The van der Waals surface area contributed by atoms with Gasteiger partial charge in [-0.05, 0) is 18.8 Å². The molecule has 0 aliphatic heterocycles. The van der Waals surface area contributed by atoms with Gasteiger partial charge < -0.3 is 10.1 Å². The second-order valence-electron chi connectivity index (χ2n) is 4.57. The van der Waals surface area contributed by atoms with Gasteiger partial charge in [0, 0.05) is 12.2 Å². The van der Waals surface area contributed by atoms with E-state index in [2.05, 4.69) is 31.8 Å². The number of rotatable bonds is 3. The molecule has 0 amide bonds. The number of carbonyl (C=O) groups is 1. The number of aldehydes is 1. The highest BCUT2D eigenvalue weighted by atomic mass is 16.1. The van der Waals surface area contributed by atoms with E-state index in [4.69, 9.17) is 0 Å². The lowest BCUT2D eigenvalue weighted by Crippen LogP contribution is -2.30. The van der Waals surface area contributed by atoms with Crippen LogP contribution in [-0.2, 0) is 4.79 Å². The quantitative estimate of drug-likeness (QED) is 0.550. The monoisotopic (exact) mass is 193 g/mol. The predicted octanol–water partition coefficient (Wildman–Crippen LogP) is 2.28. The van der Waals surface area contributed by atoms with E-state index in [9.17, 15) is 4.79 Å². The van der Waals surface area contributed by atoms with Gasteiger partial charge in [-0.2, -0.15) is 0 Å². The van der Waals surface area contributed by atoms with Crippen LogP contribution in [0.2, 0.25) is 0 Å². The van der Waals surface area contributed by atoms with Gasteiger partial charge in [0.05, 0.1) is 5.92 Å². The first-order chi connectivity index (χ1) is 6.50. The van der Waals surface area contributed by atoms with E-state index in [1.165, 1.54) is 0 Å². The molecule has 2 nitrogen and oxygen atoms in total. The molecular formula is C12H19NO. The predicted molar refractivity (Wildman–Crippen MR) is 58.9 cm³/mol. The van der Waals surface area contributed by atoms with Crippen molar-refractivity contribution in [2.45, 2.75) is 27.2 Å². The lowest BCUT2D eigenvalue weighted by atomic mass is 9.75. The fourth-order valence-electron chi connectivity index (χ4n) is 2.01. The first-order valence-corrected chi connectivity index (χ1v) is 5.10. The molecule has 0 aromatic heterocycles. The topological polar surface area (TPSA) is 29.1 Å². The summed E-state index contributed by atoms with van der Waals surface area (Å²) in [5.41, 5.74) is 2.15. The molecule has 2 heteroatoms. The van der Waals surface area contributed by atoms with E-state index in [0.29, 0.717) is 0 Å². The fourth-order valence-corrected chi connectivity index (χ4v) is 2.01. The molecule has 0 radical (unpaired) electrons. The minimum atomic E-state index is -0.122. The Bertz CT molecular complexity index is 276. The SMILES string of the molecule is C=C1CC(C)(C)C=C(NCC)C1C=O. The normalized spacial score (nSPS) is 25.5. The van der Waals surface area contributed by atoms with Crippen LogP contribution in [0.4, 0.5) is 0 Å². The molecule has 1 unspecified atom stereocenters. The molecule has 1 atom stereocenters. The molecule has 1 aliphatic rings. The summed E-state index contributed by atoms with van der Waals surface area (Å²) in [4.78, 5) is 10.9. The van der Waals surface area contributed by atoms with E-state index < -0.39 is 0 Å². The van der Waals surface area contributed by atoms with Crippen LogP contribution in [0.25, 0.3) is 0 Å². The summed E-state index contributed by atoms with van der Waals surface area (Å²) in [7, 11) is 0. The van der Waals surface area contributed by atoms with Crippen LogP contribution >= 0.6 is 0 Å². The molecule has 0 aromatic carbocycles. The molecule has 1 rings (SSSR count). The van der Waals surface area contributed by atoms with Gasteiger partial charge in [0.2, 0.25) is 0 Å². The maximum atomic E-state index is 10.9. The lowest BCUT2D eigenvalue weighted by Gasteiger charge is -2.33. The van der Waals surface area contributed by atoms with Crippen molar-refractivity contribution in [3.63, 3.8) is 0 Å². The highest BCUT2D eigenvalue weighted by Gasteiger charge is 2.29. The molecule has 0 saturated carbocycles. The standard InChI is InChI=1S/C12H19NO/c1-5-13-11-7-12(3,4)6-9(2)10(11)8-14/h7-8,10,13H,2,5-6H2,1,3-4H3. The third-order valence-corrected chi connectivity index (χ3v) is 2.52. The Balaban J connectivity index is 2.98. The van der Waals surface area contributed by atoms with Gasteiger partial charge in [-0.15, -0.1) is 0 Å². The second-order valence-corrected chi connectivity index (χ2v) is 4.57. The minimum absolute atomic E-state index is 0.119. The summed E-state index contributed by atoms with van der Waals surface area (Å²) in [6.45, 7) is 11.2. The first kappa shape index (κ1) is 11.0. The molecule has 1 N–H and O–H groups in total. The van der Waals surface area contributed by atoms with Crippen molar-refractivity contribution in [1.29, 1.82) is 0 Å². The van der Waals surface area contributed by atoms with Gasteiger partial charge in [-0.25, -0.2) is 0 Å². The molecule has 0 aromatic rings. The van der Waals surface area contributed by atoms with Gasteiger partial charge in [0.1, 0.15) is 6.29 Å². The summed E-state index contributed by atoms with van der Waals surface area (Å²) < 4.78 is 0. The Hall–Kier alpha value is -1.05. The van der Waals surface area contributed by atoms with Gasteiger partial charge in [-0.3, -0.25) is 0 Å². The molecule has 78 valence electrons. The lowest BCUT2D eigenvalue weighted by molar-refractivity contribution is -0.109. The van der Waals surface area contributed by atoms with Gasteiger partial charge in [-0.1, -0.05) is 32.1 Å². The Morgan fingerprint density at radius 1 is 1.71 bits per heavy atom. The van der Waals surface area contributed by atoms with Crippen molar-refractivity contribution in [2.75, 3.05) is 6.54 Å². The zero-order chi connectivity index (χ0) is 10.8. The highest BCUT2D eigenvalue weighted by Crippen LogP contribution is 2.37. The van der Waals surface area contributed by atoms with Crippen LogP contribution in [0.1, 0.15) is 27.2 Å². The van der Waals surface area contributed by atoms with Crippen molar-refractivity contribution in [2.24, 2.45) is 11.3 Å². The number of allylic oxidation sites excluding steroid dienone is 2. The number of nitrogens with one attached hydrogen (secondary N) is 1. The minimum Gasteiger partial charge on any atom is -0.388 e. The van der Waals surface area contributed by atoms with Gasteiger partial charge in [0.15, 0.2) is 0 Å². The van der Waals surface area contributed by atoms with Crippen molar-refractivity contribution in [3.05, 3.63) is 23.9 Å². The Kier molecular flexibility index (Phi) is 3.14. The van der Waals surface area contributed by atoms with Crippen LogP contribution in [0.15, 0.2) is 23.9 Å². The molecular weight excluding hydrogens is 174 g/mol. The van der Waals surface area contributed by atoms with Crippen LogP contribution in [0, 0.1) is 11.3 Å². The van der Waals surface area contributed by atoms with Crippen molar-refractivity contribution in [1.82, 2.24) is 5.32 Å². The molecule has 0 spiro atoms. The third-order valence-electron chi connectivity index (χ3n) is 2.52. The highest BCUT2D eigenvalue weighted by molar-refractivity contribution is 5.65. The van der Waals surface area contributed by atoms with Crippen molar-refractivity contribution < 1.29 is 4.79 Å². The summed E-state index contributed by atoms with van der Waals surface area (Å²) >= 11 is 0. The smallest absolute Gasteiger partial charge is 0.132 e. The van der Waals surface area contributed by atoms with Crippen LogP contribution < -0.4 is 5.32 Å². The summed E-state index contributed by atoms with van der Waals surface area (Å²) in [5, 5.41) is 3.24. The summed E-state index contributed by atoms with van der Waals surface area (Å²) in [6, 6.07) is 0. The zero-order valence-corrected chi connectivity index (χ0v) is 9.26. The van der Waals surface area contributed by atoms with Crippen LogP contribution in [0.5, 0.6) is 0 Å². The van der Waals surface area contributed by atoms with Crippen LogP contribution in [0.3, 0.4) is 0 Å². The summed E-state index contributed by atoms with van der Waals surface area (Å²) in [5.74, 6) is -0.122. The Morgan fingerprint density at radius 2 is 2.36 bits per heavy atom. The molecule has 0 fully saturated rings. The number of hydrogen-bond acceptors (Lipinski definition) is 2. The van der Waals surface area contributed by atoms with E-state index >= 15 is 0 Å². The van der Waals surface area contributed by atoms with Gasteiger partial charge in [0.25, 0.3) is 0 Å². The van der Waals surface area contributed by atoms with E-state index in [1.807, 2.05) is 6.92 Å². The van der Waals surface area contributed by atoms with E-state index in [1.54, 1.807) is 0 Å². The Morgan fingerprint density at radius 3 is 2.86 bits per heavy atom.